The highest BCUT2D eigenvalue weighted by atomic mass is 16.5. The van der Waals surface area contributed by atoms with Crippen LogP contribution in [0, 0.1) is 0 Å². The summed E-state index contributed by atoms with van der Waals surface area (Å²) in [4.78, 5) is 0. The fourth-order valence-corrected chi connectivity index (χ4v) is 1.57. The molecular weight excluding hydrogens is 206 g/mol. The highest BCUT2D eigenvalue weighted by Gasteiger charge is 2.12. The van der Waals surface area contributed by atoms with Crippen LogP contribution in [0.1, 0.15) is 5.56 Å². The van der Waals surface area contributed by atoms with E-state index in [1.165, 1.54) is 0 Å². The molecular formula is C12H19NO3. The Labute approximate surface area is 96.5 Å². The summed E-state index contributed by atoms with van der Waals surface area (Å²) >= 11 is 0. The van der Waals surface area contributed by atoms with E-state index in [1.54, 1.807) is 21.3 Å². The van der Waals surface area contributed by atoms with Crippen LogP contribution in [0.4, 0.5) is 0 Å². The Morgan fingerprint density at radius 1 is 1.00 bits per heavy atom. The summed E-state index contributed by atoms with van der Waals surface area (Å²) in [6.45, 7) is 0.874. The monoisotopic (exact) mass is 225 g/mol. The van der Waals surface area contributed by atoms with Crippen LogP contribution in [0.3, 0.4) is 0 Å². The first-order valence-corrected chi connectivity index (χ1v) is 5.20. The lowest BCUT2D eigenvalue weighted by molar-refractivity contribution is 0.368. The molecule has 1 aromatic rings. The Balaban J connectivity index is 3.09. The van der Waals surface area contributed by atoms with E-state index >= 15 is 0 Å². The maximum Gasteiger partial charge on any atom is 0.129 e. The van der Waals surface area contributed by atoms with Crippen molar-refractivity contribution < 1.29 is 14.2 Å². The second-order valence-electron chi connectivity index (χ2n) is 3.36. The molecule has 0 aliphatic heterocycles. The van der Waals surface area contributed by atoms with Crippen molar-refractivity contribution in [1.82, 2.24) is 5.32 Å². The third kappa shape index (κ3) is 2.79. The third-order valence-electron chi connectivity index (χ3n) is 2.44. The average molecular weight is 225 g/mol. The molecule has 0 aliphatic rings. The van der Waals surface area contributed by atoms with Crippen molar-refractivity contribution in [2.45, 2.75) is 6.42 Å². The standard InChI is InChI=1S/C12H19NO3/c1-13-6-5-10-11(15-3)7-9(14-2)8-12(10)16-4/h7-8,13H,5-6H2,1-4H3. The Morgan fingerprint density at radius 3 is 1.94 bits per heavy atom. The van der Waals surface area contributed by atoms with Gasteiger partial charge in [-0.15, -0.1) is 0 Å². The van der Waals surface area contributed by atoms with Crippen LogP contribution >= 0.6 is 0 Å². The molecule has 1 aromatic carbocycles. The second kappa shape index (κ2) is 6.23. The predicted octanol–water partition coefficient (Wildman–Crippen LogP) is 1.47. The van der Waals surface area contributed by atoms with Crippen molar-refractivity contribution in [3.63, 3.8) is 0 Å². The molecule has 16 heavy (non-hydrogen) atoms. The smallest absolute Gasteiger partial charge is 0.129 e. The van der Waals surface area contributed by atoms with Gasteiger partial charge in [0.25, 0.3) is 0 Å². The van der Waals surface area contributed by atoms with Gasteiger partial charge >= 0.3 is 0 Å². The summed E-state index contributed by atoms with van der Waals surface area (Å²) in [7, 11) is 6.85. The molecule has 0 saturated carbocycles. The maximum atomic E-state index is 5.34. The van der Waals surface area contributed by atoms with E-state index in [2.05, 4.69) is 5.32 Å². The first kappa shape index (κ1) is 12.6. The van der Waals surface area contributed by atoms with Crippen LogP contribution in [-0.2, 0) is 6.42 Å². The highest BCUT2D eigenvalue weighted by molar-refractivity contribution is 5.50. The Bertz CT molecular complexity index is 314. The lowest BCUT2D eigenvalue weighted by atomic mass is 10.1. The van der Waals surface area contributed by atoms with Gasteiger partial charge in [-0.2, -0.15) is 0 Å². The summed E-state index contributed by atoms with van der Waals surface area (Å²) in [6.07, 6.45) is 0.854. The van der Waals surface area contributed by atoms with E-state index in [0.717, 1.165) is 35.8 Å². The lowest BCUT2D eigenvalue weighted by Gasteiger charge is -2.14. The van der Waals surface area contributed by atoms with E-state index in [4.69, 9.17) is 14.2 Å². The van der Waals surface area contributed by atoms with Crippen molar-refractivity contribution in [3.8, 4) is 17.2 Å². The van der Waals surface area contributed by atoms with Gasteiger partial charge in [0, 0.05) is 17.7 Å². The largest absolute Gasteiger partial charge is 0.496 e. The van der Waals surface area contributed by atoms with E-state index in [-0.39, 0.29) is 0 Å². The van der Waals surface area contributed by atoms with Crippen molar-refractivity contribution in [2.24, 2.45) is 0 Å². The summed E-state index contributed by atoms with van der Waals surface area (Å²) in [6, 6.07) is 3.74. The molecule has 1 N–H and O–H groups in total. The van der Waals surface area contributed by atoms with Gasteiger partial charge in [-0.1, -0.05) is 0 Å². The number of benzene rings is 1. The zero-order valence-corrected chi connectivity index (χ0v) is 10.3. The molecule has 0 radical (unpaired) electrons. The SMILES string of the molecule is CNCCc1c(OC)cc(OC)cc1OC. The minimum Gasteiger partial charge on any atom is -0.496 e. The summed E-state index contributed by atoms with van der Waals surface area (Å²) in [5, 5.41) is 3.11. The van der Waals surface area contributed by atoms with Crippen LogP contribution in [0.25, 0.3) is 0 Å². The van der Waals surface area contributed by atoms with Crippen LogP contribution in [0.5, 0.6) is 17.2 Å². The number of rotatable bonds is 6. The number of ether oxygens (including phenoxy) is 3. The molecule has 1 rings (SSSR count). The van der Waals surface area contributed by atoms with Gasteiger partial charge in [0.1, 0.15) is 17.2 Å². The minimum absolute atomic E-state index is 0.738. The van der Waals surface area contributed by atoms with E-state index in [9.17, 15) is 0 Å². The first-order valence-electron chi connectivity index (χ1n) is 5.20. The van der Waals surface area contributed by atoms with E-state index in [0.29, 0.717) is 0 Å². The topological polar surface area (TPSA) is 39.7 Å². The van der Waals surface area contributed by atoms with Crippen LogP contribution in [-0.4, -0.2) is 34.9 Å². The summed E-state index contributed by atoms with van der Waals surface area (Å²) in [5.41, 5.74) is 1.06. The van der Waals surface area contributed by atoms with Gasteiger partial charge in [-0.05, 0) is 20.0 Å². The number of hydrogen-bond donors (Lipinski definition) is 1. The number of hydrogen-bond acceptors (Lipinski definition) is 4. The Hall–Kier alpha value is -1.42. The summed E-state index contributed by atoms with van der Waals surface area (Å²) < 4.78 is 15.9. The van der Waals surface area contributed by atoms with Crippen LogP contribution in [0.2, 0.25) is 0 Å². The van der Waals surface area contributed by atoms with Gasteiger partial charge < -0.3 is 19.5 Å². The minimum atomic E-state index is 0.738. The van der Waals surface area contributed by atoms with E-state index in [1.807, 2.05) is 19.2 Å². The molecule has 0 atom stereocenters. The molecule has 0 heterocycles. The van der Waals surface area contributed by atoms with Crippen LogP contribution < -0.4 is 19.5 Å². The zero-order chi connectivity index (χ0) is 12.0. The van der Waals surface area contributed by atoms with Crippen molar-refractivity contribution in [3.05, 3.63) is 17.7 Å². The molecule has 0 spiro atoms. The second-order valence-corrected chi connectivity index (χ2v) is 3.36. The third-order valence-corrected chi connectivity index (χ3v) is 2.44. The lowest BCUT2D eigenvalue weighted by Crippen LogP contribution is -2.11. The van der Waals surface area contributed by atoms with Crippen molar-refractivity contribution >= 4 is 0 Å². The average Bonchev–Trinajstić information content (AvgIpc) is 2.35. The van der Waals surface area contributed by atoms with Gasteiger partial charge in [0.15, 0.2) is 0 Å². The summed E-state index contributed by atoms with van der Waals surface area (Å²) in [5.74, 6) is 2.33. The quantitative estimate of drug-likeness (QED) is 0.796. The molecule has 4 nitrogen and oxygen atoms in total. The van der Waals surface area contributed by atoms with Crippen molar-refractivity contribution in [2.75, 3.05) is 34.9 Å². The molecule has 4 heteroatoms. The van der Waals surface area contributed by atoms with Crippen LogP contribution in [0.15, 0.2) is 12.1 Å². The molecule has 0 aromatic heterocycles. The zero-order valence-electron chi connectivity index (χ0n) is 10.3. The van der Waals surface area contributed by atoms with E-state index < -0.39 is 0 Å². The van der Waals surface area contributed by atoms with Gasteiger partial charge in [-0.3, -0.25) is 0 Å². The number of methoxy groups -OCH3 is 3. The van der Waals surface area contributed by atoms with Crippen molar-refractivity contribution in [1.29, 1.82) is 0 Å². The molecule has 90 valence electrons. The molecule has 0 saturated heterocycles. The van der Waals surface area contributed by atoms with Gasteiger partial charge in [0.2, 0.25) is 0 Å². The molecule has 0 amide bonds. The number of likely N-dealkylation sites (N-methyl/N-ethyl adjacent to an activating group) is 1. The molecule has 0 aliphatic carbocycles. The fourth-order valence-electron chi connectivity index (χ4n) is 1.57. The molecule has 0 fully saturated rings. The number of nitrogens with one attached hydrogen (secondary N) is 1. The van der Waals surface area contributed by atoms with Gasteiger partial charge in [0.05, 0.1) is 21.3 Å². The predicted molar refractivity (Wildman–Crippen MR) is 63.7 cm³/mol. The normalized spacial score (nSPS) is 10.0. The fraction of sp³-hybridized carbons (Fsp3) is 0.500. The first-order chi connectivity index (χ1) is 7.76. The van der Waals surface area contributed by atoms with Gasteiger partial charge in [-0.25, -0.2) is 0 Å². The molecule has 0 bridgehead atoms. The molecule has 0 unspecified atom stereocenters. The highest BCUT2D eigenvalue weighted by Crippen LogP contribution is 2.34. The Kier molecular flexibility index (Phi) is 4.92. The Morgan fingerprint density at radius 2 is 1.56 bits per heavy atom. The maximum absolute atomic E-state index is 5.34.